The Balaban J connectivity index is 1.49. The second kappa shape index (κ2) is 9.37. The molecule has 2 aromatic heterocycles. The topological polar surface area (TPSA) is 48.4 Å². The number of piperazine rings is 1. The maximum atomic E-state index is 14.4. The Morgan fingerprint density at radius 2 is 1.85 bits per heavy atom. The summed E-state index contributed by atoms with van der Waals surface area (Å²) in [5, 5.41) is 0.666. The third-order valence-electron chi connectivity index (χ3n) is 6.94. The lowest BCUT2D eigenvalue weighted by Crippen LogP contribution is -2.52. The van der Waals surface area contributed by atoms with Gasteiger partial charge in [0.25, 0.3) is 0 Å². The van der Waals surface area contributed by atoms with Crippen LogP contribution in [-0.2, 0) is 0 Å². The Bertz CT molecular complexity index is 1190. The molecule has 6 nitrogen and oxygen atoms in total. The number of nitrogens with zero attached hydrogens (tertiary/aromatic N) is 6. The van der Waals surface area contributed by atoms with Crippen LogP contribution in [0.4, 0.5) is 22.0 Å². The summed E-state index contributed by atoms with van der Waals surface area (Å²) in [6.45, 7) is 9.47. The number of aromatic nitrogens is 3. The molecule has 2 fully saturated rings. The third-order valence-corrected chi connectivity index (χ3v) is 7.23. The quantitative estimate of drug-likeness (QED) is 0.502. The molecule has 5 rings (SSSR count). The maximum Gasteiger partial charge on any atom is 0.228 e. The molecule has 2 atom stereocenters. The van der Waals surface area contributed by atoms with Crippen molar-refractivity contribution in [1.82, 2.24) is 15.0 Å². The van der Waals surface area contributed by atoms with Crippen LogP contribution >= 0.6 is 11.6 Å². The van der Waals surface area contributed by atoms with E-state index in [2.05, 4.69) is 33.5 Å². The van der Waals surface area contributed by atoms with Gasteiger partial charge in [0.05, 0.1) is 10.7 Å². The Labute approximate surface area is 205 Å². The molecule has 0 radical (unpaired) electrons. The minimum atomic E-state index is -0.219. The average Bonchev–Trinajstić information content (AvgIpc) is 3.26. The summed E-state index contributed by atoms with van der Waals surface area (Å²) in [4.78, 5) is 21.2. The Morgan fingerprint density at radius 1 is 1.00 bits per heavy atom. The van der Waals surface area contributed by atoms with E-state index >= 15 is 0 Å². The van der Waals surface area contributed by atoms with Gasteiger partial charge in [-0.2, -0.15) is 4.98 Å². The number of pyridine rings is 1. The highest BCUT2D eigenvalue weighted by atomic mass is 35.5. The number of benzene rings is 1. The fraction of sp³-hybridized carbons (Fsp3) is 0.423. The number of rotatable bonds is 4. The van der Waals surface area contributed by atoms with Crippen molar-refractivity contribution in [3.8, 4) is 11.3 Å². The zero-order valence-corrected chi connectivity index (χ0v) is 20.6. The lowest BCUT2D eigenvalue weighted by molar-refractivity contribution is 0.542. The molecule has 0 saturated carbocycles. The van der Waals surface area contributed by atoms with Gasteiger partial charge in [-0.1, -0.05) is 23.7 Å². The highest BCUT2D eigenvalue weighted by molar-refractivity contribution is 6.32. The van der Waals surface area contributed by atoms with Gasteiger partial charge in [-0.3, -0.25) is 0 Å². The molecule has 0 aliphatic carbocycles. The van der Waals surface area contributed by atoms with Gasteiger partial charge in [0.15, 0.2) is 0 Å². The molecule has 0 spiro atoms. The van der Waals surface area contributed by atoms with Crippen LogP contribution in [0.2, 0.25) is 5.02 Å². The maximum absolute atomic E-state index is 14.4. The second-order valence-corrected chi connectivity index (χ2v) is 9.76. The summed E-state index contributed by atoms with van der Waals surface area (Å²) in [6.07, 6.45) is 4.03. The molecule has 34 heavy (non-hydrogen) atoms. The van der Waals surface area contributed by atoms with E-state index in [1.165, 1.54) is 0 Å². The zero-order valence-electron chi connectivity index (χ0n) is 19.9. The van der Waals surface area contributed by atoms with Gasteiger partial charge in [-0.15, -0.1) is 0 Å². The third kappa shape index (κ3) is 4.41. The van der Waals surface area contributed by atoms with Crippen molar-refractivity contribution in [2.75, 3.05) is 40.9 Å². The van der Waals surface area contributed by atoms with Gasteiger partial charge in [-0.25, -0.2) is 14.4 Å². The first-order valence-corrected chi connectivity index (χ1v) is 12.3. The second-order valence-electron chi connectivity index (χ2n) is 9.36. The molecule has 2 saturated heterocycles. The van der Waals surface area contributed by atoms with Crippen molar-refractivity contribution in [2.45, 2.75) is 45.7 Å². The fourth-order valence-corrected chi connectivity index (χ4v) is 5.17. The molecule has 0 bridgehead atoms. The van der Waals surface area contributed by atoms with Crippen LogP contribution in [0.25, 0.3) is 11.3 Å². The normalized spacial score (nSPS) is 20.8. The number of halogens is 2. The van der Waals surface area contributed by atoms with Gasteiger partial charge < -0.3 is 14.7 Å². The smallest absolute Gasteiger partial charge is 0.228 e. The SMILES string of the molecule is Cc1ccc(-c2cc(N3CCN(c4ncccc4Cl)C[C@H]3C)nc(N3CCC[C@H]3C)n2)cc1F. The van der Waals surface area contributed by atoms with Crippen molar-refractivity contribution in [3.63, 3.8) is 0 Å². The van der Waals surface area contributed by atoms with Gasteiger partial charge in [0, 0.05) is 56.1 Å². The van der Waals surface area contributed by atoms with E-state index in [0.29, 0.717) is 16.6 Å². The van der Waals surface area contributed by atoms with E-state index in [9.17, 15) is 4.39 Å². The predicted molar refractivity (Wildman–Crippen MR) is 136 cm³/mol. The molecular weight excluding hydrogens is 451 g/mol. The molecule has 0 amide bonds. The molecule has 2 aliphatic heterocycles. The minimum absolute atomic E-state index is 0.188. The number of aryl methyl sites for hydroxylation is 1. The molecule has 8 heteroatoms. The molecule has 3 aromatic rings. The van der Waals surface area contributed by atoms with Crippen LogP contribution in [0.3, 0.4) is 0 Å². The molecule has 4 heterocycles. The Kier molecular flexibility index (Phi) is 6.30. The molecule has 2 aliphatic rings. The predicted octanol–water partition coefficient (Wildman–Crippen LogP) is 5.34. The summed E-state index contributed by atoms with van der Waals surface area (Å²) >= 11 is 6.40. The highest BCUT2D eigenvalue weighted by Crippen LogP contribution is 2.32. The van der Waals surface area contributed by atoms with Crippen LogP contribution in [0.15, 0.2) is 42.6 Å². The summed E-state index contributed by atoms with van der Waals surface area (Å²) in [6, 6.07) is 11.6. The van der Waals surface area contributed by atoms with Crippen molar-refractivity contribution >= 4 is 29.2 Å². The van der Waals surface area contributed by atoms with Gasteiger partial charge in [0.1, 0.15) is 17.5 Å². The van der Waals surface area contributed by atoms with Crippen LogP contribution < -0.4 is 14.7 Å². The van der Waals surface area contributed by atoms with E-state index in [4.69, 9.17) is 21.6 Å². The first kappa shape index (κ1) is 22.8. The van der Waals surface area contributed by atoms with Crippen LogP contribution in [0, 0.1) is 12.7 Å². The average molecular weight is 481 g/mol. The largest absolute Gasteiger partial charge is 0.352 e. The summed E-state index contributed by atoms with van der Waals surface area (Å²) in [5.41, 5.74) is 2.15. The van der Waals surface area contributed by atoms with Gasteiger partial charge in [-0.05, 0) is 57.4 Å². The number of hydrogen-bond donors (Lipinski definition) is 0. The van der Waals surface area contributed by atoms with E-state index in [1.54, 1.807) is 19.2 Å². The van der Waals surface area contributed by atoms with E-state index in [0.717, 1.165) is 67.9 Å². The fourth-order valence-electron chi connectivity index (χ4n) is 4.93. The van der Waals surface area contributed by atoms with E-state index in [-0.39, 0.29) is 11.9 Å². The lowest BCUT2D eigenvalue weighted by atomic mass is 10.1. The van der Waals surface area contributed by atoms with Gasteiger partial charge in [0.2, 0.25) is 5.95 Å². The van der Waals surface area contributed by atoms with E-state index < -0.39 is 0 Å². The molecule has 0 N–H and O–H groups in total. The van der Waals surface area contributed by atoms with Crippen molar-refractivity contribution in [2.24, 2.45) is 0 Å². The monoisotopic (exact) mass is 480 g/mol. The molecule has 1 aromatic carbocycles. The van der Waals surface area contributed by atoms with Crippen molar-refractivity contribution in [1.29, 1.82) is 0 Å². The molecule has 0 unspecified atom stereocenters. The Hall–Kier alpha value is -2.93. The first-order chi connectivity index (χ1) is 16.4. The standard InChI is InChI=1S/C26H30ClFN6/c1-17-8-9-20(14-22(17)28)23-15-24(31-26(30-23)34-11-5-6-18(34)2)33-13-12-32(16-19(33)3)25-21(27)7-4-10-29-25/h4,7-10,14-15,18-19H,5-6,11-13,16H2,1-3H3/t18-,19-/m1/s1. The molecular formula is C26H30ClFN6. The summed E-state index contributed by atoms with van der Waals surface area (Å²) in [7, 11) is 0. The summed E-state index contributed by atoms with van der Waals surface area (Å²) in [5.74, 6) is 2.20. The number of hydrogen-bond acceptors (Lipinski definition) is 6. The number of anilines is 3. The van der Waals surface area contributed by atoms with Crippen LogP contribution in [0.1, 0.15) is 32.3 Å². The Morgan fingerprint density at radius 3 is 2.56 bits per heavy atom. The van der Waals surface area contributed by atoms with Crippen molar-refractivity contribution < 1.29 is 4.39 Å². The van der Waals surface area contributed by atoms with E-state index in [1.807, 2.05) is 30.3 Å². The van der Waals surface area contributed by atoms with Gasteiger partial charge >= 0.3 is 0 Å². The van der Waals surface area contributed by atoms with Crippen LogP contribution in [-0.4, -0.2) is 53.2 Å². The highest BCUT2D eigenvalue weighted by Gasteiger charge is 2.29. The first-order valence-electron chi connectivity index (χ1n) is 11.9. The lowest BCUT2D eigenvalue weighted by Gasteiger charge is -2.41. The molecule has 178 valence electrons. The van der Waals surface area contributed by atoms with Crippen LogP contribution in [0.5, 0.6) is 0 Å². The summed E-state index contributed by atoms with van der Waals surface area (Å²) < 4.78 is 14.4. The van der Waals surface area contributed by atoms with Crippen molar-refractivity contribution in [3.05, 3.63) is 59.0 Å². The zero-order chi connectivity index (χ0) is 23.8. The minimum Gasteiger partial charge on any atom is -0.352 e.